The average Bonchev–Trinajstić information content (AvgIpc) is 2.20. The van der Waals surface area contributed by atoms with E-state index in [2.05, 4.69) is 15.1 Å². The molecule has 1 heterocycles. The molecule has 0 aromatic carbocycles. The predicted molar refractivity (Wildman–Crippen MR) is 54.9 cm³/mol. The molecule has 1 aromatic rings. The van der Waals surface area contributed by atoms with Crippen molar-refractivity contribution < 1.29 is 9.94 Å². The molecule has 0 aliphatic heterocycles. The van der Waals surface area contributed by atoms with Gasteiger partial charge in [0.15, 0.2) is 0 Å². The second-order valence-corrected chi connectivity index (χ2v) is 3.31. The van der Waals surface area contributed by atoms with Gasteiger partial charge in [0.25, 0.3) is 0 Å². The highest BCUT2D eigenvalue weighted by Gasteiger charge is 2.02. The average molecular weight is 210 g/mol. The molecule has 0 fully saturated rings. The number of hydrogen-bond acceptors (Lipinski definition) is 5. The summed E-state index contributed by atoms with van der Waals surface area (Å²) in [6.07, 6.45) is 3.53. The fourth-order valence-electron chi connectivity index (χ4n) is 0.950. The largest absolute Gasteiger partial charge is 0.461 e. The zero-order valence-electron chi connectivity index (χ0n) is 8.71. The molecule has 0 unspecified atom stereocenters. The van der Waals surface area contributed by atoms with Crippen LogP contribution in [-0.4, -0.2) is 27.1 Å². The molecular weight excluding hydrogens is 196 g/mol. The van der Waals surface area contributed by atoms with Gasteiger partial charge >= 0.3 is 6.01 Å². The van der Waals surface area contributed by atoms with E-state index in [1.165, 1.54) is 0 Å². The Morgan fingerprint density at radius 3 is 2.60 bits per heavy atom. The van der Waals surface area contributed by atoms with Crippen molar-refractivity contribution in [1.29, 1.82) is 0 Å². The van der Waals surface area contributed by atoms with Crippen molar-refractivity contribution in [2.24, 2.45) is 10.9 Å². The zero-order valence-corrected chi connectivity index (χ0v) is 8.71. The third-order valence-corrected chi connectivity index (χ3v) is 1.54. The van der Waals surface area contributed by atoms with Crippen molar-refractivity contribution >= 4 is 5.84 Å². The molecular formula is C9H14N4O2. The molecule has 6 nitrogen and oxygen atoms in total. The van der Waals surface area contributed by atoms with Crippen LogP contribution in [0.15, 0.2) is 17.5 Å². The van der Waals surface area contributed by atoms with Gasteiger partial charge in [-0.25, -0.2) is 9.97 Å². The molecule has 6 heteroatoms. The first-order valence-corrected chi connectivity index (χ1v) is 4.55. The molecule has 3 N–H and O–H groups in total. The quantitative estimate of drug-likeness (QED) is 0.327. The van der Waals surface area contributed by atoms with Crippen LogP contribution < -0.4 is 10.5 Å². The number of amidine groups is 1. The lowest BCUT2D eigenvalue weighted by Gasteiger charge is -2.07. The smallest absolute Gasteiger partial charge is 0.316 e. The normalized spacial score (nSPS) is 11.8. The third kappa shape index (κ3) is 3.80. The highest BCUT2D eigenvalue weighted by molar-refractivity contribution is 5.81. The Bertz CT molecular complexity index is 334. The molecule has 1 aromatic heterocycles. The molecule has 0 atom stereocenters. The highest BCUT2D eigenvalue weighted by atomic mass is 16.5. The van der Waals surface area contributed by atoms with E-state index in [4.69, 9.17) is 15.7 Å². The van der Waals surface area contributed by atoms with Gasteiger partial charge in [0.1, 0.15) is 5.84 Å². The van der Waals surface area contributed by atoms with Gasteiger partial charge in [-0.2, -0.15) is 0 Å². The van der Waals surface area contributed by atoms with Gasteiger partial charge in [0, 0.05) is 18.8 Å². The molecule has 0 saturated carbocycles. The number of oxime groups is 1. The number of nitrogens with two attached hydrogens (primary N) is 1. The Kier molecular flexibility index (Phi) is 3.84. The number of ether oxygens (including phenoxy) is 1. The van der Waals surface area contributed by atoms with Crippen molar-refractivity contribution in [3.8, 4) is 6.01 Å². The molecule has 15 heavy (non-hydrogen) atoms. The summed E-state index contributed by atoms with van der Waals surface area (Å²) in [6, 6.07) is 0.327. The second-order valence-electron chi connectivity index (χ2n) is 3.31. The Labute approximate surface area is 87.8 Å². The number of rotatable bonds is 4. The van der Waals surface area contributed by atoms with Crippen LogP contribution in [0.25, 0.3) is 0 Å². The van der Waals surface area contributed by atoms with Crippen molar-refractivity contribution in [3.63, 3.8) is 0 Å². The molecule has 0 aliphatic rings. The lowest BCUT2D eigenvalue weighted by atomic mass is 10.2. The van der Waals surface area contributed by atoms with Gasteiger partial charge in [-0.3, -0.25) is 0 Å². The maximum absolute atomic E-state index is 8.37. The molecule has 82 valence electrons. The van der Waals surface area contributed by atoms with Gasteiger partial charge in [-0.05, 0) is 19.4 Å². The monoisotopic (exact) mass is 210 g/mol. The third-order valence-electron chi connectivity index (χ3n) is 1.54. The maximum Gasteiger partial charge on any atom is 0.316 e. The van der Waals surface area contributed by atoms with Crippen LogP contribution in [0.1, 0.15) is 19.4 Å². The molecule has 0 radical (unpaired) electrons. The van der Waals surface area contributed by atoms with E-state index >= 15 is 0 Å². The number of hydrogen-bond donors (Lipinski definition) is 2. The van der Waals surface area contributed by atoms with Crippen molar-refractivity contribution in [1.82, 2.24) is 9.97 Å². The van der Waals surface area contributed by atoms with E-state index in [9.17, 15) is 0 Å². The van der Waals surface area contributed by atoms with E-state index in [1.807, 2.05) is 13.8 Å². The number of aromatic nitrogens is 2. The predicted octanol–water partition coefficient (Wildman–Crippen LogP) is 0.553. The first-order valence-electron chi connectivity index (χ1n) is 4.55. The topological polar surface area (TPSA) is 93.6 Å². The maximum atomic E-state index is 8.37. The van der Waals surface area contributed by atoms with E-state index in [-0.39, 0.29) is 11.9 Å². The van der Waals surface area contributed by atoms with Crippen molar-refractivity contribution in [3.05, 3.63) is 18.0 Å². The van der Waals surface area contributed by atoms with E-state index in [1.54, 1.807) is 12.4 Å². The van der Waals surface area contributed by atoms with Crippen molar-refractivity contribution in [2.45, 2.75) is 26.4 Å². The minimum absolute atomic E-state index is 0.0416. The van der Waals surface area contributed by atoms with E-state index < -0.39 is 0 Å². The summed E-state index contributed by atoms with van der Waals surface area (Å²) in [5.41, 5.74) is 6.10. The Balaban J connectivity index is 2.64. The zero-order chi connectivity index (χ0) is 11.3. The summed E-state index contributed by atoms with van der Waals surface area (Å²) in [4.78, 5) is 7.96. The summed E-state index contributed by atoms with van der Waals surface area (Å²) in [7, 11) is 0. The van der Waals surface area contributed by atoms with Crippen molar-refractivity contribution in [2.75, 3.05) is 0 Å². The fraction of sp³-hybridized carbons (Fsp3) is 0.444. The van der Waals surface area contributed by atoms with Crippen LogP contribution in [0.5, 0.6) is 6.01 Å². The minimum atomic E-state index is 0.0416. The first kappa shape index (κ1) is 11.2. The van der Waals surface area contributed by atoms with Crippen LogP contribution in [0.4, 0.5) is 0 Å². The van der Waals surface area contributed by atoms with E-state index in [0.717, 1.165) is 5.56 Å². The summed E-state index contributed by atoms with van der Waals surface area (Å²) >= 11 is 0. The fourth-order valence-corrected chi connectivity index (χ4v) is 0.950. The van der Waals surface area contributed by atoms with Gasteiger partial charge < -0.3 is 15.7 Å². The minimum Gasteiger partial charge on any atom is -0.461 e. The van der Waals surface area contributed by atoms with Gasteiger partial charge in [0.2, 0.25) is 0 Å². The molecule has 0 aliphatic carbocycles. The first-order chi connectivity index (χ1) is 7.11. The Hall–Kier alpha value is -1.85. The van der Waals surface area contributed by atoms with E-state index in [0.29, 0.717) is 12.4 Å². The van der Waals surface area contributed by atoms with Crippen LogP contribution in [0.3, 0.4) is 0 Å². The van der Waals surface area contributed by atoms with Crippen LogP contribution in [-0.2, 0) is 6.42 Å². The molecule has 0 saturated heterocycles. The standard InChI is InChI=1S/C9H14N4O2/c1-6(2)15-9-11-4-7(5-12-9)3-8(10)13-14/h4-6,14H,3H2,1-2H3,(H2,10,13). The summed E-state index contributed by atoms with van der Waals surface area (Å²) in [5.74, 6) is 0.121. The Morgan fingerprint density at radius 1 is 1.53 bits per heavy atom. The highest BCUT2D eigenvalue weighted by Crippen LogP contribution is 2.05. The summed E-state index contributed by atoms with van der Waals surface area (Å²) in [6.45, 7) is 3.79. The molecule has 0 bridgehead atoms. The summed E-state index contributed by atoms with van der Waals surface area (Å²) in [5, 5.41) is 11.2. The SMILES string of the molecule is CC(C)Oc1ncc(C/C(N)=N/O)cn1. The van der Waals surface area contributed by atoms with Gasteiger partial charge in [-0.1, -0.05) is 5.16 Å². The lowest BCUT2D eigenvalue weighted by molar-refractivity contribution is 0.222. The number of nitrogens with zero attached hydrogens (tertiary/aromatic N) is 3. The molecule has 0 spiro atoms. The molecule has 0 amide bonds. The van der Waals surface area contributed by atoms with Crippen LogP contribution in [0, 0.1) is 0 Å². The lowest BCUT2D eigenvalue weighted by Crippen LogP contribution is -2.15. The van der Waals surface area contributed by atoms with Crippen LogP contribution >= 0.6 is 0 Å². The second kappa shape index (κ2) is 5.14. The van der Waals surface area contributed by atoms with Crippen LogP contribution in [0.2, 0.25) is 0 Å². The van der Waals surface area contributed by atoms with Gasteiger partial charge in [0.05, 0.1) is 6.10 Å². The molecule has 1 rings (SSSR count). The Morgan fingerprint density at radius 2 is 2.13 bits per heavy atom. The summed E-state index contributed by atoms with van der Waals surface area (Å²) < 4.78 is 5.27. The van der Waals surface area contributed by atoms with Gasteiger partial charge in [-0.15, -0.1) is 0 Å².